The number of hydrogen-bond donors (Lipinski definition) is 1. The first-order chi connectivity index (χ1) is 9.64. The summed E-state index contributed by atoms with van der Waals surface area (Å²) in [6.45, 7) is 5.58. The highest BCUT2D eigenvalue weighted by molar-refractivity contribution is 8.00. The van der Waals surface area contributed by atoms with Crippen molar-refractivity contribution < 1.29 is 13.2 Å². The van der Waals surface area contributed by atoms with Crippen molar-refractivity contribution >= 4 is 27.7 Å². The van der Waals surface area contributed by atoms with Gasteiger partial charge in [-0.25, -0.2) is 17.7 Å². The lowest BCUT2D eigenvalue weighted by atomic mass is 10.3. The number of nitrogens with one attached hydrogen (secondary N) is 1. The normalized spacial score (nSPS) is 13.5. The molecule has 1 heterocycles. The Labute approximate surface area is 130 Å². The van der Waals surface area contributed by atoms with Gasteiger partial charge in [0.1, 0.15) is 4.90 Å². The molecule has 118 valence electrons. The maximum absolute atomic E-state index is 11.9. The smallest absolute Gasteiger partial charge is 0.244 e. The van der Waals surface area contributed by atoms with Crippen LogP contribution in [-0.2, 0) is 14.8 Å². The van der Waals surface area contributed by atoms with E-state index in [1.165, 1.54) is 38.1 Å². The van der Waals surface area contributed by atoms with Crippen LogP contribution in [-0.4, -0.2) is 49.0 Å². The lowest BCUT2D eigenvalue weighted by molar-refractivity contribution is -0.120. The standard InChI is InChI=1S/C13H21N3O3S2/c1-9(2)15-13(17)10(3)20-12-7-6-11(8-14-12)21(18,19)16(4)5/h6-10H,1-5H3,(H,15,17). The molecule has 1 aromatic rings. The molecule has 0 aliphatic carbocycles. The highest BCUT2D eigenvalue weighted by atomic mass is 32.2. The Balaban J connectivity index is 2.78. The molecule has 1 atom stereocenters. The van der Waals surface area contributed by atoms with Crippen LogP contribution >= 0.6 is 11.8 Å². The van der Waals surface area contributed by atoms with Crippen LogP contribution in [0.25, 0.3) is 0 Å². The van der Waals surface area contributed by atoms with Crippen molar-refractivity contribution in [2.75, 3.05) is 14.1 Å². The second-order valence-electron chi connectivity index (χ2n) is 5.04. The summed E-state index contributed by atoms with van der Waals surface area (Å²) in [5.74, 6) is -0.0678. The summed E-state index contributed by atoms with van der Waals surface area (Å²) in [6, 6.07) is 3.19. The number of aromatic nitrogens is 1. The van der Waals surface area contributed by atoms with Gasteiger partial charge in [0.15, 0.2) is 0 Å². The minimum Gasteiger partial charge on any atom is -0.353 e. The Bertz CT molecular complexity index is 583. The highest BCUT2D eigenvalue weighted by Crippen LogP contribution is 2.22. The second-order valence-corrected chi connectivity index (χ2v) is 8.56. The molecule has 0 bridgehead atoms. The minimum atomic E-state index is -3.47. The molecule has 6 nitrogen and oxygen atoms in total. The third kappa shape index (κ3) is 4.98. The SMILES string of the molecule is CC(C)NC(=O)C(C)Sc1ccc(S(=O)(=O)N(C)C)cn1. The zero-order valence-corrected chi connectivity index (χ0v) is 14.5. The number of thioether (sulfide) groups is 1. The van der Waals surface area contributed by atoms with Gasteiger partial charge in [0.05, 0.1) is 10.3 Å². The van der Waals surface area contributed by atoms with Crippen LogP contribution in [0.2, 0.25) is 0 Å². The highest BCUT2D eigenvalue weighted by Gasteiger charge is 2.19. The van der Waals surface area contributed by atoms with Crippen molar-refractivity contribution in [2.45, 2.75) is 42.0 Å². The van der Waals surface area contributed by atoms with Gasteiger partial charge in [0, 0.05) is 26.3 Å². The van der Waals surface area contributed by atoms with Gasteiger partial charge in [-0.15, -0.1) is 0 Å². The molecule has 0 radical (unpaired) electrons. The number of pyridine rings is 1. The van der Waals surface area contributed by atoms with E-state index in [2.05, 4.69) is 10.3 Å². The van der Waals surface area contributed by atoms with Crippen LogP contribution in [0.3, 0.4) is 0 Å². The Morgan fingerprint density at radius 2 is 1.90 bits per heavy atom. The molecular weight excluding hydrogens is 310 g/mol. The van der Waals surface area contributed by atoms with Gasteiger partial charge in [-0.2, -0.15) is 0 Å². The molecule has 1 unspecified atom stereocenters. The van der Waals surface area contributed by atoms with Gasteiger partial charge in [0.25, 0.3) is 0 Å². The fraction of sp³-hybridized carbons (Fsp3) is 0.538. The number of carbonyl (C=O) groups is 1. The zero-order chi connectivity index (χ0) is 16.2. The molecule has 1 aromatic heterocycles. The van der Waals surface area contributed by atoms with E-state index in [9.17, 15) is 13.2 Å². The Hall–Kier alpha value is -1.12. The van der Waals surface area contributed by atoms with Crippen molar-refractivity contribution in [1.82, 2.24) is 14.6 Å². The summed E-state index contributed by atoms with van der Waals surface area (Å²) in [4.78, 5) is 16.1. The molecule has 0 aliphatic rings. The summed E-state index contributed by atoms with van der Waals surface area (Å²) in [7, 11) is -0.535. The van der Waals surface area contributed by atoms with Gasteiger partial charge in [0.2, 0.25) is 15.9 Å². The minimum absolute atomic E-state index is 0.0678. The summed E-state index contributed by atoms with van der Waals surface area (Å²) in [5.41, 5.74) is 0. The van der Waals surface area contributed by atoms with E-state index in [1.54, 1.807) is 13.0 Å². The van der Waals surface area contributed by atoms with Crippen LogP contribution in [0.1, 0.15) is 20.8 Å². The van der Waals surface area contributed by atoms with Crippen molar-refractivity contribution in [3.8, 4) is 0 Å². The van der Waals surface area contributed by atoms with Crippen molar-refractivity contribution in [3.63, 3.8) is 0 Å². The van der Waals surface area contributed by atoms with Crippen molar-refractivity contribution in [1.29, 1.82) is 0 Å². The van der Waals surface area contributed by atoms with Gasteiger partial charge in [-0.1, -0.05) is 11.8 Å². The molecule has 0 saturated carbocycles. The monoisotopic (exact) mass is 331 g/mol. The quantitative estimate of drug-likeness (QED) is 0.796. The van der Waals surface area contributed by atoms with E-state index in [-0.39, 0.29) is 22.1 Å². The lowest BCUT2D eigenvalue weighted by Gasteiger charge is -2.14. The average Bonchev–Trinajstić information content (AvgIpc) is 2.38. The van der Waals surface area contributed by atoms with Crippen molar-refractivity contribution in [3.05, 3.63) is 18.3 Å². The second kappa shape index (κ2) is 7.24. The first kappa shape index (κ1) is 17.9. The molecule has 1 amide bonds. The predicted molar refractivity (Wildman–Crippen MR) is 83.7 cm³/mol. The number of sulfonamides is 1. The molecule has 1 rings (SSSR count). The van der Waals surface area contributed by atoms with E-state index in [0.717, 1.165) is 4.31 Å². The molecule has 0 spiro atoms. The zero-order valence-electron chi connectivity index (χ0n) is 12.8. The lowest BCUT2D eigenvalue weighted by Crippen LogP contribution is -2.35. The van der Waals surface area contributed by atoms with E-state index >= 15 is 0 Å². The number of rotatable bonds is 6. The molecule has 0 aliphatic heterocycles. The van der Waals surface area contributed by atoms with E-state index in [1.807, 2.05) is 13.8 Å². The maximum Gasteiger partial charge on any atom is 0.244 e. The van der Waals surface area contributed by atoms with Crippen LogP contribution in [0.5, 0.6) is 0 Å². The fourth-order valence-electron chi connectivity index (χ4n) is 1.44. The van der Waals surface area contributed by atoms with E-state index in [4.69, 9.17) is 0 Å². The summed E-state index contributed by atoms with van der Waals surface area (Å²) >= 11 is 1.29. The third-order valence-corrected chi connectivity index (χ3v) is 5.43. The van der Waals surface area contributed by atoms with Gasteiger partial charge in [-0.3, -0.25) is 4.79 Å². The van der Waals surface area contributed by atoms with Crippen LogP contribution in [0.15, 0.2) is 28.3 Å². The Morgan fingerprint density at radius 1 is 1.29 bits per heavy atom. The van der Waals surface area contributed by atoms with E-state index < -0.39 is 10.0 Å². The van der Waals surface area contributed by atoms with Crippen LogP contribution in [0.4, 0.5) is 0 Å². The Kier molecular flexibility index (Phi) is 6.18. The largest absolute Gasteiger partial charge is 0.353 e. The van der Waals surface area contributed by atoms with E-state index in [0.29, 0.717) is 5.03 Å². The first-order valence-electron chi connectivity index (χ1n) is 6.50. The topological polar surface area (TPSA) is 79.4 Å². The van der Waals surface area contributed by atoms with Crippen molar-refractivity contribution in [2.24, 2.45) is 0 Å². The van der Waals surface area contributed by atoms with Gasteiger partial charge in [-0.05, 0) is 32.9 Å². The number of nitrogens with zero attached hydrogens (tertiary/aromatic N) is 2. The number of hydrogen-bond acceptors (Lipinski definition) is 5. The van der Waals surface area contributed by atoms with Crippen LogP contribution < -0.4 is 5.32 Å². The summed E-state index contributed by atoms with van der Waals surface area (Å²) in [5, 5.41) is 3.14. The first-order valence-corrected chi connectivity index (χ1v) is 8.82. The maximum atomic E-state index is 11.9. The molecule has 21 heavy (non-hydrogen) atoms. The molecule has 8 heteroatoms. The summed E-state index contributed by atoms with van der Waals surface area (Å²) in [6.07, 6.45) is 1.31. The molecule has 0 fully saturated rings. The third-order valence-electron chi connectivity index (χ3n) is 2.59. The van der Waals surface area contributed by atoms with Gasteiger partial charge >= 0.3 is 0 Å². The molecule has 0 saturated heterocycles. The Morgan fingerprint density at radius 3 is 2.33 bits per heavy atom. The molecular formula is C13H21N3O3S2. The predicted octanol–water partition coefficient (Wildman–Crippen LogP) is 1.34. The molecule has 0 aromatic carbocycles. The van der Waals surface area contributed by atoms with Crippen LogP contribution in [0, 0.1) is 0 Å². The number of carbonyl (C=O) groups excluding carboxylic acids is 1. The van der Waals surface area contributed by atoms with Gasteiger partial charge < -0.3 is 5.32 Å². The number of amides is 1. The summed E-state index contributed by atoms with van der Waals surface area (Å²) < 4.78 is 25.0. The fourth-order valence-corrected chi connectivity index (χ4v) is 3.08. The molecule has 1 N–H and O–H groups in total. The average molecular weight is 331 g/mol.